The van der Waals surface area contributed by atoms with Gasteiger partial charge in [-0.25, -0.2) is 0 Å². The number of carbonyl (C=O) groups is 3. The maximum atomic E-state index is 13.8. The molecule has 0 aliphatic carbocycles. The van der Waals surface area contributed by atoms with E-state index in [1.54, 1.807) is 4.90 Å². The number of anilines is 1. The zero-order valence-electron chi connectivity index (χ0n) is 22.9. The number of nitrogens with one attached hydrogen (secondary N) is 1. The van der Waals surface area contributed by atoms with Crippen LogP contribution in [0.4, 0.5) is 5.69 Å². The van der Waals surface area contributed by atoms with Gasteiger partial charge in [0.1, 0.15) is 12.1 Å². The van der Waals surface area contributed by atoms with E-state index in [4.69, 9.17) is 4.74 Å². The minimum Gasteiger partial charge on any atom is -0.382 e. The van der Waals surface area contributed by atoms with Crippen molar-refractivity contribution >= 4 is 23.4 Å². The molecule has 206 valence electrons. The molecule has 1 aromatic rings. The number of para-hydroxylation sites is 1. The van der Waals surface area contributed by atoms with Crippen LogP contribution in [0.25, 0.3) is 0 Å². The fraction of sp³-hybridized carbons (Fsp3) is 0.690. The van der Waals surface area contributed by atoms with Crippen LogP contribution in [0, 0.1) is 0 Å². The number of unbranched alkanes of at least 4 members (excludes halogenated alkanes) is 5. The van der Waals surface area contributed by atoms with Gasteiger partial charge >= 0.3 is 0 Å². The lowest BCUT2D eigenvalue weighted by atomic mass is 9.85. The first-order valence-corrected chi connectivity index (χ1v) is 14.3. The molecule has 0 saturated carbocycles. The second-order valence-electron chi connectivity index (χ2n) is 10.2. The Balaban J connectivity index is 1.58. The lowest BCUT2D eigenvalue weighted by Crippen LogP contribution is -2.57. The summed E-state index contributed by atoms with van der Waals surface area (Å²) < 4.78 is 5.32. The summed E-state index contributed by atoms with van der Waals surface area (Å²) in [5, 5.41) is 2.91. The van der Waals surface area contributed by atoms with E-state index in [2.05, 4.69) is 17.1 Å². The fourth-order valence-corrected chi connectivity index (χ4v) is 5.44. The fourth-order valence-electron chi connectivity index (χ4n) is 5.44. The summed E-state index contributed by atoms with van der Waals surface area (Å²) in [7, 11) is 0. The molecule has 0 unspecified atom stereocenters. The van der Waals surface area contributed by atoms with Crippen LogP contribution in [-0.2, 0) is 19.1 Å². The third-order valence-corrected chi connectivity index (χ3v) is 7.60. The summed E-state index contributed by atoms with van der Waals surface area (Å²) >= 11 is 0. The standard InChI is InChI=1S/C29H46N4O4/c1-3-5-6-7-8-12-16-27(35)31-20-17-29(18-21-31)28(36)32(23-26(34)30-19-13-22-37-4-2)24-33(29)25-14-10-9-11-15-25/h9-11,14-15H,3-8,12-13,16-24H2,1-2H3,(H,30,34). The lowest BCUT2D eigenvalue weighted by Gasteiger charge is -2.43. The van der Waals surface area contributed by atoms with E-state index in [9.17, 15) is 14.4 Å². The quantitative estimate of drug-likeness (QED) is 0.359. The summed E-state index contributed by atoms with van der Waals surface area (Å²) in [5.74, 6) is 0.0376. The molecule has 1 spiro atoms. The first kappa shape index (κ1) is 29.0. The van der Waals surface area contributed by atoms with Crippen LogP contribution in [0.1, 0.15) is 78.1 Å². The number of hydrogen-bond donors (Lipinski definition) is 1. The van der Waals surface area contributed by atoms with Gasteiger partial charge in [-0.2, -0.15) is 0 Å². The van der Waals surface area contributed by atoms with E-state index in [0.29, 0.717) is 58.8 Å². The Morgan fingerprint density at radius 3 is 2.38 bits per heavy atom. The molecule has 37 heavy (non-hydrogen) atoms. The first-order chi connectivity index (χ1) is 18.0. The Morgan fingerprint density at radius 1 is 0.973 bits per heavy atom. The highest BCUT2D eigenvalue weighted by atomic mass is 16.5. The maximum absolute atomic E-state index is 13.8. The van der Waals surface area contributed by atoms with Crippen molar-refractivity contribution in [2.45, 2.75) is 83.6 Å². The molecule has 0 radical (unpaired) electrons. The molecule has 8 nitrogen and oxygen atoms in total. The third kappa shape index (κ3) is 7.94. The summed E-state index contributed by atoms with van der Waals surface area (Å²) in [5.41, 5.74) is 0.260. The minimum atomic E-state index is -0.715. The molecule has 0 atom stereocenters. The molecular formula is C29H46N4O4. The molecule has 3 amide bonds. The summed E-state index contributed by atoms with van der Waals surface area (Å²) in [6.45, 7) is 7.52. The van der Waals surface area contributed by atoms with Gasteiger partial charge in [-0.1, -0.05) is 57.2 Å². The van der Waals surface area contributed by atoms with Crippen molar-refractivity contribution < 1.29 is 19.1 Å². The minimum absolute atomic E-state index is 0.0103. The summed E-state index contributed by atoms with van der Waals surface area (Å²) in [4.78, 5) is 45.0. The van der Waals surface area contributed by atoms with Crippen LogP contribution in [0.15, 0.2) is 30.3 Å². The molecule has 2 saturated heterocycles. The van der Waals surface area contributed by atoms with Gasteiger partial charge in [-0.3, -0.25) is 14.4 Å². The number of amides is 3. The molecular weight excluding hydrogens is 468 g/mol. The zero-order valence-corrected chi connectivity index (χ0v) is 22.9. The predicted molar refractivity (Wildman–Crippen MR) is 146 cm³/mol. The lowest BCUT2D eigenvalue weighted by molar-refractivity contribution is -0.140. The van der Waals surface area contributed by atoms with Crippen molar-refractivity contribution in [2.75, 3.05) is 51.0 Å². The van der Waals surface area contributed by atoms with Gasteiger partial charge in [0.05, 0.1) is 6.67 Å². The van der Waals surface area contributed by atoms with Crippen molar-refractivity contribution in [1.82, 2.24) is 15.1 Å². The number of rotatable bonds is 15. The number of likely N-dealkylation sites (tertiary alicyclic amines) is 1. The molecule has 3 rings (SSSR count). The molecule has 1 N–H and O–H groups in total. The Bertz CT molecular complexity index is 855. The molecule has 2 fully saturated rings. The van der Waals surface area contributed by atoms with Gasteiger partial charge in [-0.05, 0) is 44.7 Å². The van der Waals surface area contributed by atoms with Crippen molar-refractivity contribution in [3.8, 4) is 0 Å². The van der Waals surface area contributed by atoms with E-state index in [1.165, 1.54) is 25.7 Å². The van der Waals surface area contributed by atoms with Gasteiger partial charge < -0.3 is 24.8 Å². The number of benzene rings is 1. The van der Waals surface area contributed by atoms with Crippen molar-refractivity contribution in [3.63, 3.8) is 0 Å². The van der Waals surface area contributed by atoms with E-state index >= 15 is 0 Å². The summed E-state index contributed by atoms with van der Waals surface area (Å²) in [6, 6.07) is 9.94. The van der Waals surface area contributed by atoms with Crippen LogP contribution in [0.5, 0.6) is 0 Å². The van der Waals surface area contributed by atoms with Gasteiger partial charge in [0.15, 0.2) is 0 Å². The number of carbonyl (C=O) groups excluding carboxylic acids is 3. The normalized spacial score (nSPS) is 17.0. The zero-order chi connectivity index (χ0) is 26.5. The molecule has 2 heterocycles. The molecule has 2 aliphatic heterocycles. The van der Waals surface area contributed by atoms with Gasteiger partial charge in [0.2, 0.25) is 11.8 Å². The number of hydrogen-bond acceptors (Lipinski definition) is 5. The summed E-state index contributed by atoms with van der Waals surface area (Å²) in [6.07, 6.45) is 9.46. The number of nitrogens with zero attached hydrogens (tertiary/aromatic N) is 3. The Hall–Kier alpha value is -2.61. The van der Waals surface area contributed by atoms with Crippen LogP contribution in [0.3, 0.4) is 0 Å². The predicted octanol–water partition coefficient (Wildman–Crippen LogP) is 3.95. The van der Waals surface area contributed by atoms with Crippen LogP contribution < -0.4 is 10.2 Å². The van der Waals surface area contributed by atoms with Gasteiger partial charge in [-0.15, -0.1) is 0 Å². The highest BCUT2D eigenvalue weighted by Crippen LogP contribution is 2.39. The topological polar surface area (TPSA) is 82.2 Å². The Labute approximate surface area is 222 Å². The van der Waals surface area contributed by atoms with Gasteiger partial charge in [0.25, 0.3) is 5.91 Å². The van der Waals surface area contributed by atoms with Gasteiger partial charge in [0, 0.05) is 45.0 Å². The molecule has 1 aromatic carbocycles. The highest BCUT2D eigenvalue weighted by Gasteiger charge is 2.54. The maximum Gasteiger partial charge on any atom is 0.250 e. The number of piperidine rings is 1. The Kier molecular flexibility index (Phi) is 11.7. The average Bonchev–Trinajstić information content (AvgIpc) is 3.17. The average molecular weight is 515 g/mol. The third-order valence-electron chi connectivity index (χ3n) is 7.60. The smallest absolute Gasteiger partial charge is 0.250 e. The van der Waals surface area contributed by atoms with Crippen LogP contribution in [0.2, 0.25) is 0 Å². The molecule has 0 bridgehead atoms. The molecule has 0 aromatic heterocycles. The highest BCUT2D eigenvalue weighted by molar-refractivity contribution is 5.96. The molecule has 8 heteroatoms. The Morgan fingerprint density at radius 2 is 1.68 bits per heavy atom. The van der Waals surface area contributed by atoms with Crippen molar-refractivity contribution in [3.05, 3.63) is 30.3 Å². The van der Waals surface area contributed by atoms with Crippen molar-refractivity contribution in [1.29, 1.82) is 0 Å². The van der Waals surface area contributed by atoms with Crippen LogP contribution in [-0.4, -0.2) is 79.1 Å². The SMILES string of the molecule is CCCCCCCCC(=O)N1CCC2(CC1)C(=O)N(CC(=O)NCCCOCC)CN2c1ccccc1. The van der Waals surface area contributed by atoms with Crippen molar-refractivity contribution in [2.24, 2.45) is 0 Å². The second kappa shape index (κ2) is 15.0. The largest absolute Gasteiger partial charge is 0.382 e. The monoisotopic (exact) mass is 514 g/mol. The first-order valence-electron chi connectivity index (χ1n) is 14.3. The van der Waals surface area contributed by atoms with E-state index in [1.807, 2.05) is 42.2 Å². The van der Waals surface area contributed by atoms with E-state index in [-0.39, 0.29) is 24.3 Å². The van der Waals surface area contributed by atoms with E-state index in [0.717, 1.165) is 24.9 Å². The van der Waals surface area contributed by atoms with E-state index < -0.39 is 5.54 Å². The molecule has 2 aliphatic rings. The van der Waals surface area contributed by atoms with Crippen LogP contribution >= 0.6 is 0 Å². The second-order valence-corrected chi connectivity index (χ2v) is 10.2. The number of ether oxygens (including phenoxy) is 1.